The molecular formula is C23H22N4O5. The number of ketones is 1. The van der Waals surface area contributed by atoms with E-state index in [-0.39, 0.29) is 18.5 Å². The lowest BCUT2D eigenvalue weighted by atomic mass is 10.1. The Morgan fingerprint density at radius 3 is 2.72 bits per heavy atom. The monoisotopic (exact) mass is 434 g/mol. The van der Waals surface area contributed by atoms with E-state index in [0.29, 0.717) is 61.4 Å². The van der Waals surface area contributed by atoms with Gasteiger partial charge in [0.1, 0.15) is 6.61 Å². The minimum absolute atomic E-state index is 0.0304. The number of ether oxygens (including phenoxy) is 1. The first kappa shape index (κ1) is 21.3. The number of nitriles is 1. The van der Waals surface area contributed by atoms with Crippen LogP contribution in [0.5, 0.6) is 0 Å². The van der Waals surface area contributed by atoms with Crippen LogP contribution in [0.25, 0.3) is 11.1 Å². The molecule has 0 spiro atoms. The van der Waals surface area contributed by atoms with E-state index >= 15 is 0 Å². The number of Topliss-reactive ketones (excluding diaryl/α,β-unsaturated/α-hetero) is 1. The topological polar surface area (TPSA) is 120 Å². The highest BCUT2D eigenvalue weighted by Crippen LogP contribution is 2.15. The van der Waals surface area contributed by atoms with E-state index in [9.17, 15) is 14.4 Å². The Morgan fingerprint density at radius 1 is 1.12 bits per heavy atom. The van der Waals surface area contributed by atoms with E-state index in [2.05, 4.69) is 16.0 Å². The minimum atomic E-state index is -0.545. The number of carbonyl (C=O) groups excluding carboxylic acids is 2. The average molecular weight is 434 g/mol. The van der Waals surface area contributed by atoms with Gasteiger partial charge >= 0.3 is 11.8 Å². The Kier molecular flexibility index (Phi) is 6.33. The first-order valence-electron chi connectivity index (χ1n) is 10.3. The van der Waals surface area contributed by atoms with E-state index in [1.54, 1.807) is 41.3 Å². The van der Waals surface area contributed by atoms with Crippen LogP contribution in [0.15, 0.2) is 51.7 Å². The molecule has 9 heteroatoms. The second kappa shape index (κ2) is 9.49. The molecule has 0 atom stereocenters. The van der Waals surface area contributed by atoms with Crippen molar-refractivity contribution in [2.75, 3.05) is 32.7 Å². The fourth-order valence-corrected chi connectivity index (χ4v) is 3.64. The lowest BCUT2D eigenvalue weighted by molar-refractivity contribution is 0.0696. The molecule has 4 rings (SSSR count). The third kappa shape index (κ3) is 5.04. The smallest absolute Gasteiger partial charge is 0.417 e. The number of aromatic nitrogens is 1. The molecule has 9 nitrogen and oxygen atoms in total. The number of benzene rings is 2. The minimum Gasteiger partial charge on any atom is -0.445 e. The van der Waals surface area contributed by atoms with Crippen molar-refractivity contribution in [3.05, 3.63) is 69.7 Å². The number of nitrogens with one attached hydrogen (secondary N) is 1. The van der Waals surface area contributed by atoms with Gasteiger partial charge in [-0.25, -0.2) is 9.59 Å². The van der Waals surface area contributed by atoms with Gasteiger partial charge in [-0.1, -0.05) is 12.1 Å². The van der Waals surface area contributed by atoms with E-state index in [1.165, 1.54) is 0 Å². The largest absolute Gasteiger partial charge is 0.445 e. The first-order chi connectivity index (χ1) is 15.5. The number of amides is 1. The second-order valence-corrected chi connectivity index (χ2v) is 7.59. The van der Waals surface area contributed by atoms with Gasteiger partial charge in [-0.3, -0.25) is 14.7 Å². The van der Waals surface area contributed by atoms with Gasteiger partial charge in [0.05, 0.1) is 17.1 Å². The summed E-state index contributed by atoms with van der Waals surface area (Å²) >= 11 is 0. The van der Waals surface area contributed by atoms with Gasteiger partial charge in [-0.05, 0) is 35.9 Å². The Bertz CT molecular complexity index is 1230. The number of hydrogen-bond acceptors (Lipinski definition) is 7. The lowest BCUT2D eigenvalue weighted by Crippen LogP contribution is -2.49. The predicted molar refractivity (Wildman–Crippen MR) is 115 cm³/mol. The van der Waals surface area contributed by atoms with Crippen LogP contribution in [0.2, 0.25) is 0 Å². The van der Waals surface area contributed by atoms with Crippen molar-refractivity contribution < 1.29 is 18.7 Å². The molecule has 1 amide bonds. The lowest BCUT2D eigenvalue weighted by Gasteiger charge is -2.33. The molecular weight excluding hydrogens is 412 g/mol. The van der Waals surface area contributed by atoms with Crippen LogP contribution in [-0.4, -0.2) is 59.4 Å². The zero-order chi connectivity index (χ0) is 22.5. The van der Waals surface area contributed by atoms with Crippen LogP contribution >= 0.6 is 0 Å². The summed E-state index contributed by atoms with van der Waals surface area (Å²) in [6.45, 7) is 3.04. The summed E-state index contributed by atoms with van der Waals surface area (Å²) in [5.74, 6) is -0.575. The van der Waals surface area contributed by atoms with Gasteiger partial charge < -0.3 is 14.1 Å². The van der Waals surface area contributed by atoms with E-state index in [0.717, 1.165) is 5.56 Å². The van der Waals surface area contributed by atoms with Crippen LogP contribution in [0.4, 0.5) is 4.79 Å². The van der Waals surface area contributed by atoms with Crippen LogP contribution in [-0.2, 0) is 11.3 Å². The maximum Gasteiger partial charge on any atom is 0.417 e. The van der Waals surface area contributed by atoms with Crippen molar-refractivity contribution in [1.82, 2.24) is 14.8 Å². The number of hydrogen-bond donors (Lipinski definition) is 1. The number of rotatable bonds is 6. The molecule has 1 aliphatic rings. The van der Waals surface area contributed by atoms with Crippen LogP contribution in [0, 0.1) is 11.3 Å². The van der Waals surface area contributed by atoms with Gasteiger partial charge in [-0.15, -0.1) is 0 Å². The molecule has 32 heavy (non-hydrogen) atoms. The highest BCUT2D eigenvalue weighted by Gasteiger charge is 2.22. The standard InChI is InChI=1S/C23H22N4O5/c24-14-16-2-1-3-17(12-16)15-31-23(30)27-10-8-26(9-11-27)7-6-20(28)18-4-5-19-21(13-18)32-22(29)25-19/h1-5,12-13H,6-11,15H2,(H,25,29). The molecule has 0 aliphatic carbocycles. The zero-order valence-electron chi connectivity index (χ0n) is 17.4. The quantitative estimate of drug-likeness (QED) is 0.592. The van der Waals surface area contributed by atoms with Gasteiger partial charge in [0, 0.05) is 44.7 Å². The Balaban J connectivity index is 1.21. The molecule has 0 bridgehead atoms. The maximum absolute atomic E-state index is 12.5. The molecule has 2 aromatic carbocycles. The van der Waals surface area contributed by atoms with Crippen LogP contribution < -0.4 is 5.76 Å². The molecule has 1 fully saturated rings. The number of piperazine rings is 1. The number of nitrogens with zero attached hydrogens (tertiary/aromatic N) is 3. The van der Waals surface area contributed by atoms with Gasteiger partial charge in [0.2, 0.25) is 0 Å². The summed E-state index contributed by atoms with van der Waals surface area (Å²) < 4.78 is 10.4. The normalized spacial score (nSPS) is 14.3. The van der Waals surface area contributed by atoms with Crippen molar-refractivity contribution >= 4 is 23.0 Å². The molecule has 1 N–H and O–H groups in total. The molecule has 0 radical (unpaired) electrons. The van der Waals surface area contributed by atoms with Crippen molar-refractivity contribution in [3.63, 3.8) is 0 Å². The van der Waals surface area contributed by atoms with E-state index in [4.69, 9.17) is 14.4 Å². The Hall–Kier alpha value is -3.90. The van der Waals surface area contributed by atoms with Gasteiger partial charge in [0.25, 0.3) is 0 Å². The first-order valence-corrected chi connectivity index (χ1v) is 10.3. The van der Waals surface area contributed by atoms with Crippen molar-refractivity contribution in [3.8, 4) is 6.07 Å². The highest BCUT2D eigenvalue weighted by atomic mass is 16.6. The van der Waals surface area contributed by atoms with Gasteiger partial charge in [0.15, 0.2) is 11.4 Å². The number of fused-ring (bicyclic) bond motifs is 1. The second-order valence-electron chi connectivity index (χ2n) is 7.59. The molecule has 1 saturated heterocycles. The van der Waals surface area contributed by atoms with Crippen molar-refractivity contribution in [1.29, 1.82) is 5.26 Å². The Labute approximate surface area is 183 Å². The fourth-order valence-electron chi connectivity index (χ4n) is 3.64. The highest BCUT2D eigenvalue weighted by molar-refractivity contribution is 5.98. The number of carbonyl (C=O) groups is 2. The summed E-state index contributed by atoms with van der Waals surface area (Å²) in [6, 6.07) is 13.9. The zero-order valence-corrected chi connectivity index (χ0v) is 17.4. The van der Waals surface area contributed by atoms with Crippen LogP contribution in [0.3, 0.4) is 0 Å². The van der Waals surface area contributed by atoms with Gasteiger partial charge in [-0.2, -0.15) is 5.26 Å². The summed E-state index contributed by atoms with van der Waals surface area (Å²) in [6.07, 6.45) is -0.0517. The van der Waals surface area contributed by atoms with Crippen LogP contribution in [0.1, 0.15) is 27.9 Å². The molecule has 1 aromatic heterocycles. The number of oxazole rings is 1. The average Bonchev–Trinajstić information content (AvgIpc) is 3.20. The predicted octanol–water partition coefficient (Wildman–Crippen LogP) is 2.52. The summed E-state index contributed by atoms with van der Waals surface area (Å²) in [5.41, 5.74) is 2.73. The third-order valence-corrected chi connectivity index (χ3v) is 5.45. The SMILES string of the molecule is N#Cc1cccc(COC(=O)N2CCN(CCC(=O)c3ccc4[nH]c(=O)oc4c3)CC2)c1. The molecule has 164 valence electrons. The number of H-pyrrole nitrogens is 1. The summed E-state index contributed by atoms with van der Waals surface area (Å²) in [7, 11) is 0. The van der Waals surface area contributed by atoms with Crippen molar-refractivity contribution in [2.24, 2.45) is 0 Å². The molecule has 0 saturated carbocycles. The fraction of sp³-hybridized carbons (Fsp3) is 0.304. The van der Waals surface area contributed by atoms with Crippen molar-refractivity contribution in [2.45, 2.75) is 13.0 Å². The molecule has 0 unspecified atom stereocenters. The summed E-state index contributed by atoms with van der Waals surface area (Å²) in [4.78, 5) is 42.4. The molecule has 1 aliphatic heterocycles. The third-order valence-electron chi connectivity index (χ3n) is 5.45. The van der Waals surface area contributed by atoms with E-state index in [1.807, 2.05) is 6.07 Å². The summed E-state index contributed by atoms with van der Waals surface area (Å²) in [5, 5.41) is 8.95. The number of aromatic amines is 1. The maximum atomic E-state index is 12.5. The Morgan fingerprint density at radius 2 is 1.94 bits per heavy atom. The molecule has 3 aromatic rings. The molecule has 2 heterocycles. The van der Waals surface area contributed by atoms with E-state index < -0.39 is 5.76 Å².